The lowest BCUT2D eigenvalue weighted by Crippen LogP contribution is -2.13. The highest BCUT2D eigenvalue weighted by atomic mass is 32.3. The molecule has 1 aliphatic rings. The van der Waals surface area contributed by atoms with Crippen molar-refractivity contribution in [3.8, 4) is 0 Å². The normalized spacial score (nSPS) is 17.2. The van der Waals surface area contributed by atoms with Gasteiger partial charge in [-0.25, -0.2) is 4.21 Å². The summed E-state index contributed by atoms with van der Waals surface area (Å²) in [5.74, 6) is 0.169. The Hall–Kier alpha value is -1.92. The number of benzene rings is 2. The van der Waals surface area contributed by atoms with Gasteiger partial charge in [0.1, 0.15) is 0 Å². The Kier molecular flexibility index (Phi) is 5.63. The van der Waals surface area contributed by atoms with Crippen LogP contribution >= 0.6 is 0 Å². The van der Waals surface area contributed by atoms with Crippen molar-refractivity contribution in [3.63, 3.8) is 0 Å². The van der Waals surface area contributed by atoms with Crippen molar-refractivity contribution in [3.05, 3.63) is 71.8 Å². The molecule has 2 aromatic rings. The first kappa shape index (κ1) is 18.9. The fourth-order valence-corrected chi connectivity index (χ4v) is 7.15. The van der Waals surface area contributed by atoms with E-state index in [-0.39, 0.29) is 10.6 Å². The molecule has 3 rings (SSSR count). The van der Waals surface area contributed by atoms with Gasteiger partial charge in [-0.3, -0.25) is 0 Å². The summed E-state index contributed by atoms with van der Waals surface area (Å²) in [5.41, 5.74) is 1.99. The zero-order chi connectivity index (χ0) is 18.6. The van der Waals surface area contributed by atoms with Gasteiger partial charge >= 0.3 is 0 Å². The van der Waals surface area contributed by atoms with E-state index in [1.54, 1.807) is 36.4 Å². The Morgan fingerprint density at radius 3 is 2.19 bits per heavy atom. The molecule has 0 N–H and O–H groups in total. The van der Waals surface area contributed by atoms with E-state index in [4.69, 9.17) is 0 Å². The van der Waals surface area contributed by atoms with Gasteiger partial charge in [-0.1, -0.05) is 47.5 Å². The van der Waals surface area contributed by atoms with Crippen LogP contribution in [0.15, 0.2) is 79.8 Å². The average Bonchev–Trinajstić information content (AvgIpc) is 2.63. The largest absolute Gasteiger partial charge is 0.290 e. The molecule has 0 spiro atoms. The Morgan fingerprint density at radius 1 is 0.885 bits per heavy atom. The summed E-state index contributed by atoms with van der Waals surface area (Å²) in [4.78, 5) is 0.534. The van der Waals surface area contributed by atoms with E-state index in [1.807, 2.05) is 13.0 Å². The maximum absolute atomic E-state index is 13.7. The van der Waals surface area contributed by atoms with Crippen LogP contribution in [0.4, 0.5) is 0 Å². The Labute approximate surface area is 156 Å². The highest BCUT2D eigenvalue weighted by Crippen LogP contribution is 2.26. The first-order chi connectivity index (χ1) is 12.4. The minimum atomic E-state index is -4.01. The lowest BCUT2D eigenvalue weighted by atomic mass is 10.0. The monoisotopic (exact) mass is 389 g/mol. The Balaban J connectivity index is 2.10. The minimum absolute atomic E-state index is 0.0735. The summed E-state index contributed by atoms with van der Waals surface area (Å²) < 4.78 is 43.3. The van der Waals surface area contributed by atoms with Crippen LogP contribution in [0.2, 0.25) is 0 Å². The molecular formula is C20H23NO3S2. The number of aryl methyl sites for hydroxylation is 1. The first-order valence-electron chi connectivity index (χ1n) is 8.70. The number of sulfonamides is 1. The van der Waals surface area contributed by atoms with Gasteiger partial charge in [-0.15, -0.1) is 3.77 Å². The molecule has 0 radical (unpaired) electrons. The number of hydrogen-bond acceptors (Lipinski definition) is 3. The van der Waals surface area contributed by atoms with Gasteiger partial charge in [-0.05, 0) is 56.9 Å². The minimum Gasteiger partial charge on any atom is -0.243 e. The van der Waals surface area contributed by atoms with Crippen molar-refractivity contribution in [1.82, 2.24) is 0 Å². The lowest BCUT2D eigenvalue weighted by molar-refractivity contribution is 0.598. The molecule has 0 bridgehead atoms. The van der Waals surface area contributed by atoms with Crippen molar-refractivity contribution >= 4 is 19.8 Å². The van der Waals surface area contributed by atoms with E-state index < -0.39 is 19.8 Å². The first-order valence-corrected chi connectivity index (χ1v) is 11.8. The van der Waals surface area contributed by atoms with Crippen LogP contribution in [0, 0.1) is 6.92 Å². The van der Waals surface area contributed by atoms with E-state index in [2.05, 4.69) is 9.84 Å². The molecule has 0 fully saturated rings. The predicted molar refractivity (Wildman–Crippen MR) is 105 cm³/mol. The second-order valence-corrected chi connectivity index (χ2v) is 10.6. The van der Waals surface area contributed by atoms with Crippen LogP contribution in [0.5, 0.6) is 0 Å². The van der Waals surface area contributed by atoms with E-state index in [0.717, 1.165) is 36.8 Å². The topological polar surface area (TPSA) is 63.6 Å². The molecule has 0 saturated heterocycles. The van der Waals surface area contributed by atoms with Gasteiger partial charge in [-0.2, -0.15) is 8.42 Å². The molecule has 0 saturated carbocycles. The average molecular weight is 390 g/mol. The zero-order valence-electron chi connectivity index (χ0n) is 14.8. The predicted octanol–water partition coefficient (Wildman–Crippen LogP) is 4.71. The third-order valence-electron chi connectivity index (χ3n) is 4.41. The van der Waals surface area contributed by atoms with Crippen LogP contribution in [-0.4, -0.2) is 18.4 Å². The fourth-order valence-electron chi connectivity index (χ4n) is 2.98. The van der Waals surface area contributed by atoms with Crippen molar-refractivity contribution in [2.75, 3.05) is 5.75 Å². The second kappa shape index (κ2) is 7.76. The van der Waals surface area contributed by atoms with Gasteiger partial charge < -0.3 is 0 Å². The Morgan fingerprint density at radius 2 is 1.58 bits per heavy atom. The third kappa shape index (κ3) is 4.43. The van der Waals surface area contributed by atoms with Crippen molar-refractivity contribution in [1.29, 1.82) is 0 Å². The zero-order valence-corrected chi connectivity index (χ0v) is 16.4. The van der Waals surface area contributed by atoms with Crippen LogP contribution < -0.4 is 0 Å². The maximum Gasteiger partial charge on any atom is 0.290 e. The molecule has 26 heavy (non-hydrogen) atoms. The van der Waals surface area contributed by atoms with Gasteiger partial charge in [0.2, 0.25) is 0 Å². The standard InChI is InChI=1S/C20H23NO3S2/c1-17-12-14-20(15-13-17)26(23,24)21-25(22,19-10-6-3-7-11-19)16-18-8-4-2-5-9-18/h3,6-8,10-15H,2,4-5,9,16H2,1H3. The number of nitrogens with zero attached hydrogens (tertiary/aromatic N) is 1. The molecule has 0 aromatic heterocycles. The van der Waals surface area contributed by atoms with Crippen molar-refractivity contribution in [2.24, 2.45) is 3.77 Å². The molecule has 6 heteroatoms. The lowest BCUT2D eigenvalue weighted by Gasteiger charge is -2.16. The maximum atomic E-state index is 13.7. The Bertz CT molecular complexity index is 1010. The number of allylic oxidation sites excluding steroid dienone is 1. The smallest absolute Gasteiger partial charge is 0.243 e. The SMILES string of the molecule is Cc1ccc(S(=O)(=O)N=S(=O)(CC2=CCCCC2)c2ccccc2)cc1. The summed E-state index contributed by atoms with van der Waals surface area (Å²) in [5, 5.41) is 0. The van der Waals surface area contributed by atoms with Gasteiger partial charge in [0, 0.05) is 4.90 Å². The molecular weight excluding hydrogens is 366 g/mol. The summed E-state index contributed by atoms with van der Waals surface area (Å²) >= 11 is 0. The molecule has 1 atom stereocenters. The van der Waals surface area contributed by atoms with Crippen molar-refractivity contribution < 1.29 is 12.6 Å². The van der Waals surface area contributed by atoms with Crippen molar-refractivity contribution in [2.45, 2.75) is 42.4 Å². The van der Waals surface area contributed by atoms with Gasteiger partial charge in [0.15, 0.2) is 0 Å². The van der Waals surface area contributed by atoms with Crippen LogP contribution in [-0.2, 0) is 19.8 Å². The van der Waals surface area contributed by atoms with Gasteiger partial charge in [0.05, 0.1) is 20.4 Å². The third-order valence-corrected chi connectivity index (χ3v) is 8.80. The molecule has 1 aliphatic carbocycles. The van der Waals surface area contributed by atoms with E-state index in [0.29, 0.717) is 4.90 Å². The number of rotatable bonds is 5. The summed E-state index contributed by atoms with van der Waals surface area (Å²) in [6, 6.07) is 15.2. The fraction of sp³-hybridized carbons (Fsp3) is 0.300. The van der Waals surface area contributed by atoms with Crippen LogP contribution in [0.25, 0.3) is 0 Å². The second-order valence-electron chi connectivity index (χ2n) is 6.57. The van der Waals surface area contributed by atoms with E-state index >= 15 is 0 Å². The molecule has 1 unspecified atom stereocenters. The summed E-state index contributed by atoms with van der Waals surface area (Å²) in [7, 11) is -7.13. The quantitative estimate of drug-likeness (QED) is 0.696. The molecule has 138 valence electrons. The number of hydrogen-bond donors (Lipinski definition) is 0. The van der Waals surface area contributed by atoms with E-state index in [1.165, 1.54) is 12.1 Å². The van der Waals surface area contributed by atoms with Crippen LogP contribution in [0.3, 0.4) is 0 Å². The summed E-state index contributed by atoms with van der Waals surface area (Å²) in [6.45, 7) is 1.89. The molecule has 4 nitrogen and oxygen atoms in total. The van der Waals surface area contributed by atoms with Gasteiger partial charge in [0.25, 0.3) is 10.0 Å². The molecule has 2 aromatic carbocycles. The highest BCUT2D eigenvalue weighted by Gasteiger charge is 2.22. The highest BCUT2D eigenvalue weighted by molar-refractivity contribution is 8.03. The molecule has 0 aliphatic heterocycles. The van der Waals surface area contributed by atoms with E-state index in [9.17, 15) is 12.6 Å². The summed E-state index contributed by atoms with van der Waals surface area (Å²) in [6.07, 6.45) is 6.05. The molecule has 0 amide bonds. The van der Waals surface area contributed by atoms with Crippen LogP contribution in [0.1, 0.15) is 31.2 Å². The molecule has 0 heterocycles.